The van der Waals surface area contributed by atoms with Gasteiger partial charge in [-0.25, -0.2) is 4.79 Å². The maximum atomic E-state index is 11.3. The highest BCUT2D eigenvalue weighted by Crippen LogP contribution is 2.35. The van der Waals surface area contributed by atoms with E-state index in [1.165, 1.54) is 6.07 Å². The summed E-state index contributed by atoms with van der Waals surface area (Å²) >= 11 is 0. The van der Waals surface area contributed by atoms with Crippen molar-refractivity contribution in [2.24, 2.45) is 0 Å². The van der Waals surface area contributed by atoms with E-state index in [1.807, 2.05) is 0 Å². The number of phenols is 1. The van der Waals surface area contributed by atoms with E-state index in [9.17, 15) is 30.1 Å². The summed E-state index contributed by atoms with van der Waals surface area (Å²) in [6.45, 7) is 0. The SMILES string of the molecule is O=c1oc2c(O)cccc2c([N+](=O)[O-])c1[N+](=O)[O-]. The van der Waals surface area contributed by atoms with Gasteiger partial charge in [0.1, 0.15) is 5.39 Å². The van der Waals surface area contributed by atoms with Gasteiger partial charge in [-0.3, -0.25) is 20.2 Å². The first-order valence-electron chi connectivity index (χ1n) is 4.51. The fourth-order valence-corrected chi connectivity index (χ4v) is 1.53. The molecule has 0 saturated heterocycles. The predicted octanol–water partition coefficient (Wildman–Crippen LogP) is 1.31. The Balaban J connectivity index is 3.09. The van der Waals surface area contributed by atoms with Crippen molar-refractivity contribution in [2.75, 3.05) is 0 Å². The summed E-state index contributed by atoms with van der Waals surface area (Å²) in [4.78, 5) is 30.6. The van der Waals surface area contributed by atoms with E-state index in [0.717, 1.165) is 12.1 Å². The summed E-state index contributed by atoms with van der Waals surface area (Å²) in [5.74, 6) is -0.511. The van der Waals surface area contributed by atoms with Gasteiger partial charge in [-0.2, -0.15) is 0 Å². The van der Waals surface area contributed by atoms with Crippen molar-refractivity contribution >= 4 is 22.3 Å². The summed E-state index contributed by atoms with van der Waals surface area (Å²) in [6, 6.07) is 3.53. The number of para-hydroxylation sites is 1. The van der Waals surface area contributed by atoms with Crippen LogP contribution in [-0.2, 0) is 0 Å². The first kappa shape index (κ1) is 11.5. The topological polar surface area (TPSA) is 137 Å². The number of hydrogen-bond donors (Lipinski definition) is 1. The Bertz CT molecular complexity index is 734. The van der Waals surface area contributed by atoms with Crippen LogP contribution in [0.1, 0.15) is 0 Å². The summed E-state index contributed by atoms with van der Waals surface area (Å²) in [5.41, 5.74) is -4.21. The molecule has 1 aromatic heterocycles. The quantitative estimate of drug-likeness (QED) is 0.483. The van der Waals surface area contributed by atoms with Crippen LogP contribution in [0.3, 0.4) is 0 Å². The van der Waals surface area contributed by atoms with Crippen LogP contribution < -0.4 is 5.63 Å². The zero-order valence-electron chi connectivity index (χ0n) is 8.52. The zero-order valence-corrected chi connectivity index (χ0v) is 8.52. The van der Waals surface area contributed by atoms with Crippen LogP contribution in [0, 0.1) is 20.2 Å². The van der Waals surface area contributed by atoms with Gasteiger partial charge in [0, 0.05) is 0 Å². The fourth-order valence-electron chi connectivity index (χ4n) is 1.53. The van der Waals surface area contributed by atoms with E-state index in [1.54, 1.807) is 0 Å². The second kappa shape index (κ2) is 3.80. The van der Waals surface area contributed by atoms with E-state index < -0.39 is 38.2 Å². The van der Waals surface area contributed by atoms with Crippen molar-refractivity contribution in [3.8, 4) is 5.75 Å². The molecule has 1 aromatic carbocycles. The molecule has 0 bridgehead atoms. The Morgan fingerprint density at radius 2 is 1.72 bits per heavy atom. The van der Waals surface area contributed by atoms with Crippen LogP contribution in [0.4, 0.5) is 11.4 Å². The molecular weight excluding hydrogens is 248 g/mol. The third-order valence-electron chi connectivity index (χ3n) is 2.23. The molecule has 0 aliphatic heterocycles. The predicted molar refractivity (Wildman–Crippen MR) is 57.5 cm³/mol. The summed E-state index contributed by atoms with van der Waals surface area (Å²) in [7, 11) is 0. The number of rotatable bonds is 2. The molecule has 0 atom stereocenters. The zero-order chi connectivity index (χ0) is 13.4. The molecule has 0 unspecified atom stereocenters. The molecule has 2 aromatic rings. The van der Waals surface area contributed by atoms with Crippen molar-refractivity contribution in [1.82, 2.24) is 0 Å². The summed E-state index contributed by atoms with van der Waals surface area (Å²) in [5, 5.41) is 30.6. The Morgan fingerprint density at radius 1 is 1.11 bits per heavy atom. The Morgan fingerprint density at radius 3 is 2.28 bits per heavy atom. The van der Waals surface area contributed by atoms with E-state index in [2.05, 4.69) is 4.42 Å². The maximum absolute atomic E-state index is 11.3. The van der Waals surface area contributed by atoms with E-state index in [-0.39, 0.29) is 5.39 Å². The maximum Gasteiger partial charge on any atom is 0.430 e. The number of nitro groups is 2. The van der Waals surface area contributed by atoms with Crippen LogP contribution in [0.15, 0.2) is 27.4 Å². The molecular formula is C9H4N2O7. The average Bonchev–Trinajstić information content (AvgIpc) is 2.28. The van der Waals surface area contributed by atoms with Crippen molar-refractivity contribution in [3.05, 3.63) is 48.8 Å². The van der Waals surface area contributed by atoms with Crippen LogP contribution in [0.5, 0.6) is 5.75 Å². The van der Waals surface area contributed by atoms with Gasteiger partial charge in [-0.15, -0.1) is 0 Å². The molecule has 0 aliphatic carbocycles. The molecule has 2 rings (SSSR count). The molecule has 18 heavy (non-hydrogen) atoms. The number of nitrogens with zero attached hydrogens (tertiary/aromatic N) is 2. The highest BCUT2D eigenvalue weighted by Gasteiger charge is 2.34. The molecule has 9 heteroatoms. The van der Waals surface area contributed by atoms with Gasteiger partial charge in [0.2, 0.25) is 0 Å². The molecule has 0 radical (unpaired) electrons. The first-order valence-corrected chi connectivity index (χ1v) is 4.51. The van der Waals surface area contributed by atoms with E-state index in [4.69, 9.17) is 0 Å². The van der Waals surface area contributed by atoms with Gasteiger partial charge in [0.15, 0.2) is 11.3 Å². The number of fused-ring (bicyclic) bond motifs is 1. The standard InChI is InChI=1S/C9H4N2O7/c12-5-3-1-2-4-6(10(14)15)7(11(16)17)9(13)18-8(4)5/h1-3,12H. The minimum atomic E-state index is -1.49. The minimum Gasteiger partial charge on any atom is -0.504 e. The summed E-state index contributed by atoms with van der Waals surface area (Å²) in [6.07, 6.45) is 0. The number of benzene rings is 1. The second-order valence-electron chi connectivity index (χ2n) is 3.25. The normalized spacial score (nSPS) is 10.4. The van der Waals surface area contributed by atoms with Gasteiger partial charge < -0.3 is 9.52 Å². The van der Waals surface area contributed by atoms with Gasteiger partial charge in [-0.05, 0) is 12.1 Å². The van der Waals surface area contributed by atoms with Gasteiger partial charge in [0.05, 0.1) is 9.85 Å². The molecule has 0 fully saturated rings. The Hall–Kier alpha value is -2.97. The van der Waals surface area contributed by atoms with Gasteiger partial charge in [0.25, 0.3) is 0 Å². The van der Waals surface area contributed by atoms with E-state index >= 15 is 0 Å². The van der Waals surface area contributed by atoms with Crippen molar-refractivity contribution < 1.29 is 19.4 Å². The second-order valence-corrected chi connectivity index (χ2v) is 3.25. The lowest BCUT2D eigenvalue weighted by Crippen LogP contribution is -2.10. The lowest BCUT2D eigenvalue weighted by atomic mass is 10.2. The number of phenolic OH excluding ortho intramolecular Hbond substituents is 1. The smallest absolute Gasteiger partial charge is 0.430 e. The largest absolute Gasteiger partial charge is 0.504 e. The lowest BCUT2D eigenvalue weighted by molar-refractivity contribution is -0.423. The third-order valence-corrected chi connectivity index (χ3v) is 2.23. The average molecular weight is 252 g/mol. The molecule has 1 N–H and O–H groups in total. The van der Waals surface area contributed by atoms with Crippen LogP contribution in [0.25, 0.3) is 11.0 Å². The van der Waals surface area contributed by atoms with Crippen molar-refractivity contribution in [3.63, 3.8) is 0 Å². The van der Waals surface area contributed by atoms with Gasteiger partial charge in [-0.1, -0.05) is 6.07 Å². The van der Waals surface area contributed by atoms with Crippen LogP contribution in [0.2, 0.25) is 0 Å². The molecule has 0 saturated carbocycles. The number of hydrogen-bond acceptors (Lipinski definition) is 7. The summed E-state index contributed by atoms with van der Waals surface area (Å²) < 4.78 is 4.52. The Labute approximate surface area is 97.2 Å². The van der Waals surface area contributed by atoms with Crippen molar-refractivity contribution in [2.45, 2.75) is 0 Å². The van der Waals surface area contributed by atoms with Gasteiger partial charge >= 0.3 is 17.0 Å². The molecule has 0 amide bonds. The molecule has 0 spiro atoms. The van der Waals surface area contributed by atoms with Crippen molar-refractivity contribution in [1.29, 1.82) is 0 Å². The van der Waals surface area contributed by atoms with Crippen LogP contribution in [-0.4, -0.2) is 15.0 Å². The molecule has 9 nitrogen and oxygen atoms in total. The third kappa shape index (κ3) is 1.54. The number of aromatic hydroxyl groups is 1. The molecule has 0 aliphatic rings. The Kier molecular flexibility index (Phi) is 2.43. The highest BCUT2D eigenvalue weighted by molar-refractivity contribution is 5.93. The monoisotopic (exact) mass is 252 g/mol. The van der Waals surface area contributed by atoms with Crippen LogP contribution >= 0.6 is 0 Å². The first-order chi connectivity index (χ1) is 8.43. The molecule has 92 valence electrons. The lowest BCUT2D eigenvalue weighted by Gasteiger charge is -2.00. The van der Waals surface area contributed by atoms with E-state index in [0.29, 0.717) is 0 Å². The fraction of sp³-hybridized carbons (Fsp3) is 0. The highest BCUT2D eigenvalue weighted by atomic mass is 16.6. The molecule has 1 heterocycles. The minimum absolute atomic E-state index is 0.314.